The van der Waals surface area contributed by atoms with Crippen LogP contribution in [-0.2, 0) is 14.9 Å². The van der Waals surface area contributed by atoms with Crippen LogP contribution in [0.5, 0.6) is 0 Å². The SMILES string of the molecule is C(=CC1(c2ccccc2)c2ccccc2-c2ccccc21)C1OCCO1. The van der Waals surface area contributed by atoms with E-state index in [0.717, 1.165) is 0 Å². The third-order valence-electron chi connectivity index (χ3n) is 5.37. The number of ether oxygens (including phenoxy) is 2. The van der Waals surface area contributed by atoms with Gasteiger partial charge in [-0.3, -0.25) is 0 Å². The second-order valence-corrected chi connectivity index (χ2v) is 6.73. The summed E-state index contributed by atoms with van der Waals surface area (Å²) in [5.41, 5.74) is 6.13. The molecule has 1 saturated heterocycles. The molecule has 0 radical (unpaired) electrons. The first-order valence-electron chi connectivity index (χ1n) is 9.07. The van der Waals surface area contributed by atoms with Crippen LogP contribution in [0.3, 0.4) is 0 Å². The normalized spacial score (nSPS) is 18.2. The molecule has 2 nitrogen and oxygen atoms in total. The summed E-state index contributed by atoms with van der Waals surface area (Å²) in [6, 6.07) is 28.1. The highest BCUT2D eigenvalue weighted by Crippen LogP contribution is 2.53. The summed E-state index contributed by atoms with van der Waals surface area (Å²) in [6.45, 7) is 1.31. The van der Waals surface area contributed by atoms with E-state index in [1.807, 2.05) is 0 Å². The van der Waals surface area contributed by atoms with Gasteiger partial charge in [-0.2, -0.15) is 0 Å². The van der Waals surface area contributed by atoms with E-state index < -0.39 is 0 Å². The zero-order chi connectivity index (χ0) is 17.4. The molecule has 3 aromatic carbocycles. The number of hydrogen-bond acceptors (Lipinski definition) is 2. The van der Waals surface area contributed by atoms with Gasteiger partial charge in [-0.25, -0.2) is 0 Å². The van der Waals surface area contributed by atoms with Crippen molar-refractivity contribution >= 4 is 0 Å². The molecule has 0 bridgehead atoms. The van der Waals surface area contributed by atoms with Crippen LogP contribution >= 0.6 is 0 Å². The lowest BCUT2D eigenvalue weighted by Crippen LogP contribution is -2.25. The fourth-order valence-corrected chi connectivity index (χ4v) is 4.27. The number of benzene rings is 3. The molecule has 0 aromatic heterocycles. The molecule has 1 aliphatic carbocycles. The van der Waals surface area contributed by atoms with Gasteiger partial charge >= 0.3 is 0 Å². The molecular weight excluding hydrogens is 320 g/mol. The van der Waals surface area contributed by atoms with Gasteiger partial charge in [-0.1, -0.05) is 84.9 Å². The summed E-state index contributed by atoms with van der Waals surface area (Å²) in [6.07, 6.45) is 4.07. The molecule has 26 heavy (non-hydrogen) atoms. The zero-order valence-electron chi connectivity index (χ0n) is 14.5. The molecule has 0 N–H and O–H groups in total. The lowest BCUT2D eigenvalue weighted by Gasteiger charge is -2.30. The quantitative estimate of drug-likeness (QED) is 0.629. The molecule has 5 rings (SSSR count). The lowest BCUT2D eigenvalue weighted by molar-refractivity contribution is -0.00188. The first-order valence-corrected chi connectivity index (χ1v) is 9.07. The Morgan fingerprint density at radius 2 is 1.23 bits per heavy atom. The Morgan fingerprint density at radius 3 is 1.85 bits per heavy atom. The van der Waals surface area contributed by atoms with Crippen molar-refractivity contribution in [2.45, 2.75) is 11.7 Å². The van der Waals surface area contributed by atoms with Crippen molar-refractivity contribution in [1.82, 2.24) is 0 Å². The largest absolute Gasteiger partial charge is 0.347 e. The molecule has 0 saturated carbocycles. The van der Waals surface area contributed by atoms with E-state index in [1.54, 1.807) is 0 Å². The van der Waals surface area contributed by atoms with Crippen LogP contribution < -0.4 is 0 Å². The van der Waals surface area contributed by atoms with E-state index in [2.05, 4.69) is 91.0 Å². The zero-order valence-corrected chi connectivity index (χ0v) is 14.5. The molecule has 3 aromatic rings. The highest BCUT2D eigenvalue weighted by molar-refractivity contribution is 5.84. The molecule has 2 aliphatic rings. The average Bonchev–Trinajstić information content (AvgIpc) is 3.33. The van der Waals surface area contributed by atoms with Crippen LogP contribution in [0.4, 0.5) is 0 Å². The van der Waals surface area contributed by atoms with Gasteiger partial charge in [0.1, 0.15) is 0 Å². The Labute approximate surface area is 153 Å². The molecule has 0 atom stereocenters. The van der Waals surface area contributed by atoms with E-state index in [-0.39, 0.29) is 11.7 Å². The third-order valence-corrected chi connectivity index (χ3v) is 5.37. The predicted molar refractivity (Wildman–Crippen MR) is 103 cm³/mol. The van der Waals surface area contributed by atoms with Crippen molar-refractivity contribution in [2.24, 2.45) is 0 Å². The molecule has 0 amide bonds. The number of allylic oxidation sites excluding steroid dienone is 1. The summed E-state index contributed by atoms with van der Waals surface area (Å²) in [5.74, 6) is 0. The van der Waals surface area contributed by atoms with Crippen molar-refractivity contribution in [3.05, 3.63) is 108 Å². The molecule has 2 heteroatoms. The van der Waals surface area contributed by atoms with Crippen molar-refractivity contribution in [1.29, 1.82) is 0 Å². The van der Waals surface area contributed by atoms with E-state index in [9.17, 15) is 0 Å². The van der Waals surface area contributed by atoms with Gasteiger partial charge in [0.25, 0.3) is 0 Å². The maximum Gasteiger partial charge on any atom is 0.177 e. The number of fused-ring (bicyclic) bond motifs is 3. The summed E-state index contributed by atoms with van der Waals surface area (Å²) in [7, 11) is 0. The summed E-state index contributed by atoms with van der Waals surface area (Å²) in [5, 5.41) is 0. The molecule has 0 spiro atoms. The van der Waals surface area contributed by atoms with E-state index in [1.165, 1.54) is 27.8 Å². The minimum atomic E-state index is -0.330. The van der Waals surface area contributed by atoms with E-state index in [4.69, 9.17) is 9.47 Å². The number of rotatable bonds is 3. The topological polar surface area (TPSA) is 18.5 Å². The lowest BCUT2D eigenvalue weighted by atomic mass is 9.72. The van der Waals surface area contributed by atoms with Gasteiger partial charge in [-0.15, -0.1) is 0 Å². The standard InChI is InChI=1S/C24H20O2/c1-2-8-18(9-3-1)24(15-14-23-25-16-17-26-23)21-12-6-4-10-19(21)20-11-5-7-13-22(20)24/h1-15,23H,16-17H2. The monoisotopic (exact) mass is 340 g/mol. The molecule has 1 fully saturated rings. The predicted octanol–water partition coefficient (Wildman–Crippen LogP) is 4.93. The van der Waals surface area contributed by atoms with Crippen LogP contribution in [0.25, 0.3) is 11.1 Å². The molecule has 1 heterocycles. The minimum absolute atomic E-state index is 0.268. The van der Waals surface area contributed by atoms with Gasteiger partial charge in [0.15, 0.2) is 6.29 Å². The summed E-state index contributed by atoms with van der Waals surface area (Å²) >= 11 is 0. The van der Waals surface area contributed by atoms with Crippen LogP contribution in [0.1, 0.15) is 16.7 Å². The number of hydrogen-bond donors (Lipinski definition) is 0. The van der Waals surface area contributed by atoms with Crippen LogP contribution in [0.2, 0.25) is 0 Å². The molecule has 0 unspecified atom stereocenters. The van der Waals surface area contributed by atoms with Crippen molar-refractivity contribution in [3.63, 3.8) is 0 Å². The maximum atomic E-state index is 5.66. The molecule has 1 aliphatic heterocycles. The van der Waals surface area contributed by atoms with Crippen molar-refractivity contribution in [2.75, 3.05) is 13.2 Å². The maximum absolute atomic E-state index is 5.66. The van der Waals surface area contributed by atoms with Gasteiger partial charge < -0.3 is 9.47 Å². The highest BCUT2D eigenvalue weighted by atomic mass is 16.7. The molecular formula is C24H20O2. The smallest absolute Gasteiger partial charge is 0.177 e. The van der Waals surface area contributed by atoms with Crippen LogP contribution in [-0.4, -0.2) is 19.5 Å². The Kier molecular flexibility index (Phi) is 3.74. The van der Waals surface area contributed by atoms with Crippen molar-refractivity contribution in [3.8, 4) is 11.1 Å². The molecule has 128 valence electrons. The highest BCUT2D eigenvalue weighted by Gasteiger charge is 2.42. The first kappa shape index (κ1) is 15.6. The summed E-state index contributed by atoms with van der Waals surface area (Å²) in [4.78, 5) is 0. The first-order chi connectivity index (χ1) is 12.9. The van der Waals surface area contributed by atoms with Crippen molar-refractivity contribution < 1.29 is 9.47 Å². The van der Waals surface area contributed by atoms with Crippen LogP contribution in [0.15, 0.2) is 91.0 Å². The van der Waals surface area contributed by atoms with Gasteiger partial charge in [0.05, 0.1) is 18.6 Å². The van der Waals surface area contributed by atoms with Gasteiger partial charge in [0, 0.05) is 0 Å². The van der Waals surface area contributed by atoms with E-state index >= 15 is 0 Å². The van der Waals surface area contributed by atoms with E-state index in [0.29, 0.717) is 13.2 Å². The Hall–Kier alpha value is -2.68. The fraction of sp³-hybridized carbons (Fsp3) is 0.167. The Morgan fingerprint density at radius 1 is 0.692 bits per heavy atom. The second-order valence-electron chi connectivity index (χ2n) is 6.73. The second kappa shape index (κ2) is 6.24. The van der Waals surface area contributed by atoms with Gasteiger partial charge in [-0.05, 0) is 33.9 Å². The van der Waals surface area contributed by atoms with Gasteiger partial charge in [0.2, 0.25) is 0 Å². The Balaban J connectivity index is 1.79. The minimum Gasteiger partial charge on any atom is -0.347 e. The third kappa shape index (κ3) is 2.27. The average molecular weight is 340 g/mol. The van der Waals surface area contributed by atoms with Crippen LogP contribution in [0, 0.1) is 0 Å². The Bertz CT molecular complexity index is 907. The summed E-state index contributed by atoms with van der Waals surface area (Å²) < 4.78 is 11.3. The fourth-order valence-electron chi connectivity index (χ4n) is 4.27.